The second-order valence-electron chi connectivity index (χ2n) is 4.45. The van der Waals surface area contributed by atoms with Crippen molar-refractivity contribution >= 4 is 17.5 Å². The van der Waals surface area contributed by atoms with Gasteiger partial charge in [0.2, 0.25) is 5.91 Å². The van der Waals surface area contributed by atoms with Crippen LogP contribution in [0.2, 0.25) is 5.02 Å². The Morgan fingerprint density at radius 3 is 2.72 bits per heavy atom. The first kappa shape index (κ1) is 14.9. The Morgan fingerprint density at radius 2 is 2.17 bits per heavy atom. The number of halogens is 2. The smallest absolute Gasteiger partial charge is 0.236 e. The van der Waals surface area contributed by atoms with Gasteiger partial charge < -0.3 is 10.2 Å². The van der Waals surface area contributed by atoms with E-state index in [2.05, 4.69) is 5.32 Å². The van der Waals surface area contributed by atoms with Crippen molar-refractivity contribution in [2.24, 2.45) is 0 Å². The Morgan fingerprint density at radius 1 is 1.50 bits per heavy atom. The lowest BCUT2D eigenvalue weighted by Gasteiger charge is -2.21. The van der Waals surface area contributed by atoms with Gasteiger partial charge >= 0.3 is 0 Å². The van der Waals surface area contributed by atoms with Gasteiger partial charge in [-0.3, -0.25) is 4.79 Å². The van der Waals surface area contributed by atoms with Gasteiger partial charge in [-0.25, -0.2) is 4.39 Å². The monoisotopic (exact) mass is 272 g/mol. The zero-order valence-corrected chi connectivity index (χ0v) is 11.6. The van der Waals surface area contributed by atoms with Gasteiger partial charge in [0.15, 0.2) is 0 Å². The molecule has 3 nitrogen and oxygen atoms in total. The maximum Gasteiger partial charge on any atom is 0.236 e. The molecule has 0 aromatic heterocycles. The average Bonchev–Trinajstić information content (AvgIpc) is 2.32. The van der Waals surface area contributed by atoms with Crippen LogP contribution in [0.1, 0.15) is 19.4 Å². The van der Waals surface area contributed by atoms with E-state index >= 15 is 0 Å². The molecular weight excluding hydrogens is 255 g/mol. The van der Waals surface area contributed by atoms with Gasteiger partial charge in [0, 0.05) is 19.6 Å². The molecule has 0 aliphatic carbocycles. The molecule has 1 aromatic carbocycles. The topological polar surface area (TPSA) is 32.3 Å². The van der Waals surface area contributed by atoms with Crippen molar-refractivity contribution in [1.82, 2.24) is 10.2 Å². The second kappa shape index (κ2) is 6.71. The van der Waals surface area contributed by atoms with Crippen molar-refractivity contribution in [2.45, 2.75) is 26.4 Å². The van der Waals surface area contributed by atoms with E-state index in [0.29, 0.717) is 6.54 Å². The molecule has 0 aliphatic heterocycles. The van der Waals surface area contributed by atoms with E-state index in [9.17, 15) is 9.18 Å². The average molecular weight is 273 g/mol. The normalized spacial score (nSPS) is 10.8. The van der Waals surface area contributed by atoms with Crippen molar-refractivity contribution in [1.29, 1.82) is 0 Å². The number of benzene rings is 1. The summed E-state index contributed by atoms with van der Waals surface area (Å²) >= 11 is 5.67. The zero-order chi connectivity index (χ0) is 13.7. The summed E-state index contributed by atoms with van der Waals surface area (Å²) in [4.78, 5) is 13.3. The van der Waals surface area contributed by atoms with Crippen LogP contribution >= 0.6 is 11.6 Å². The fourth-order valence-corrected chi connectivity index (χ4v) is 1.58. The van der Waals surface area contributed by atoms with Crippen LogP contribution < -0.4 is 5.32 Å². The quantitative estimate of drug-likeness (QED) is 0.893. The van der Waals surface area contributed by atoms with Gasteiger partial charge in [-0.1, -0.05) is 17.7 Å². The lowest BCUT2D eigenvalue weighted by molar-refractivity contribution is -0.130. The molecule has 1 N–H and O–H groups in total. The number of rotatable bonds is 5. The summed E-state index contributed by atoms with van der Waals surface area (Å²) in [7, 11) is 1.77. The summed E-state index contributed by atoms with van der Waals surface area (Å²) in [5, 5.41) is 3.11. The highest BCUT2D eigenvalue weighted by Crippen LogP contribution is 2.15. The second-order valence-corrected chi connectivity index (χ2v) is 4.86. The molecule has 0 aliphatic rings. The minimum Gasteiger partial charge on any atom is -0.342 e. The number of nitrogens with zero attached hydrogens (tertiary/aromatic N) is 1. The molecule has 1 aromatic rings. The van der Waals surface area contributed by atoms with Gasteiger partial charge in [-0.2, -0.15) is 0 Å². The Labute approximate surface area is 112 Å². The summed E-state index contributed by atoms with van der Waals surface area (Å²) in [6.07, 6.45) is 0. The van der Waals surface area contributed by atoms with Crippen LogP contribution in [-0.4, -0.2) is 30.4 Å². The van der Waals surface area contributed by atoms with Crippen LogP contribution in [0.25, 0.3) is 0 Å². The molecule has 0 atom stereocenters. The SMILES string of the molecule is CC(C)N(C)C(=O)CNCc1ccc(F)c(Cl)c1. The van der Waals surface area contributed by atoms with Crippen molar-refractivity contribution < 1.29 is 9.18 Å². The van der Waals surface area contributed by atoms with Crippen LogP contribution in [0.3, 0.4) is 0 Å². The molecule has 0 bridgehead atoms. The van der Waals surface area contributed by atoms with Crippen LogP contribution in [-0.2, 0) is 11.3 Å². The molecule has 0 saturated heterocycles. The first-order chi connectivity index (χ1) is 8.41. The summed E-state index contributed by atoms with van der Waals surface area (Å²) in [6, 6.07) is 4.70. The Kier molecular flexibility index (Phi) is 5.56. The van der Waals surface area contributed by atoms with E-state index in [1.165, 1.54) is 6.07 Å². The number of carbonyl (C=O) groups excluding carboxylic acids is 1. The fourth-order valence-electron chi connectivity index (χ4n) is 1.38. The van der Waals surface area contributed by atoms with Crippen molar-refractivity contribution in [3.05, 3.63) is 34.6 Å². The molecule has 18 heavy (non-hydrogen) atoms. The molecule has 0 unspecified atom stereocenters. The highest BCUT2D eigenvalue weighted by Gasteiger charge is 2.10. The van der Waals surface area contributed by atoms with Gasteiger partial charge in [-0.15, -0.1) is 0 Å². The van der Waals surface area contributed by atoms with Gasteiger partial charge in [0.1, 0.15) is 5.82 Å². The summed E-state index contributed by atoms with van der Waals surface area (Å²) in [5.74, 6) is -0.408. The first-order valence-electron chi connectivity index (χ1n) is 5.82. The van der Waals surface area contributed by atoms with Crippen LogP contribution in [0, 0.1) is 5.82 Å². The Hall–Kier alpha value is -1.13. The van der Waals surface area contributed by atoms with E-state index in [-0.39, 0.29) is 23.5 Å². The summed E-state index contributed by atoms with van der Waals surface area (Å²) in [6.45, 7) is 4.65. The molecule has 0 spiro atoms. The van der Waals surface area contributed by atoms with E-state index in [1.807, 2.05) is 13.8 Å². The number of hydrogen-bond donors (Lipinski definition) is 1. The van der Waals surface area contributed by atoms with E-state index in [1.54, 1.807) is 24.1 Å². The number of nitrogens with one attached hydrogen (secondary N) is 1. The maximum atomic E-state index is 12.9. The highest BCUT2D eigenvalue weighted by molar-refractivity contribution is 6.30. The number of amides is 1. The van der Waals surface area contributed by atoms with E-state index < -0.39 is 5.82 Å². The number of hydrogen-bond acceptors (Lipinski definition) is 2. The predicted octanol–water partition coefficient (Wildman–Crippen LogP) is 2.44. The third-order valence-electron chi connectivity index (χ3n) is 2.76. The molecule has 0 radical (unpaired) electrons. The highest BCUT2D eigenvalue weighted by atomic mass is 35.5. The van der Waals surface area contributed by atoms with Gasteiger partial charge in [0.05, 0.1) is 11.6 Å². The standard InChI is InChI=1S/C13H18ClFN2O/c1-9(2)17(3)13(18)8-16-7-10-4-5-12(15)11(14)6-10/h4-6,9,16H,7-8H2,1-3H3. The van der Waals surface area contributed by atoms with Crippen LogP contribution in [0.15, 0.2) is 18.2 Å². The lowest BCUT2D eigenvalue weighted by atomic mass is 10.2. The summed E-state index contributed by atoms with van der Waals surface area (Å²) in [5.41, 5.74) is 0.849. The van der Waals surface area contributed by atoms with Gasteiger partial charge in [-0.05, 0) is 31.5 Å². The molecule has 0 heterocycles. The molecule has 1 amide bonds. The third kappa shape index (κ3) is 4.27. The maximum absolute atomic E-state index is 12.9. The van der Waals surface area contributed by atoms with E-state index in [0.717, 1.165) is 5.56 Å². The van der Waals surface area contributed by atoms with Crippen molar-refractivity contribution in [2.75, 3.05) is 13.6 Å². The predicted molar refractivity (Wildman–Crippen MR) is 71.0 cm³/mol. The zero-order valence-electron chi connectivity index (χ0n) is 10.8. The Bertz CT molecular complexity index is 423. The Balaban J connectivity index is 2.42. The molecule has 0 fully saturated rings. The molecule has 5 heteroatoms. The fraction of sp³-hybridized carbons (Fsp3) is 0.462. The van der Waals surface area contributed by atoms with Crippen LogP contribution in [0.5, 0.6) is 0 Å². The third-order valence-corrected chi connectivity index (χ3v) is 3.05. The van der Waals surface area contributed by atoms with Crippen LogP contribution in [0.4, 0.5) is 4.39 Å². The minimum atomic E-state index is -0.434. The molecular formula is C13H18ClFN2O. The minimum absolute atomic E-state index is 0.0261. The first-order valence-corrected chi connectivity index (χ1v) is 6.20. The van der Waals surface area contributed by atoms with E-state index in [4.69, 9.17) is 11.6 Å². The van der Waals surface area contributed by atoms with Gasteiger partial charge in [0.25, 0.3) is 0 Å². The molecule has 0 saturated carbocycles. The summed E-state index contributed by atoms with van der Waals surface area (Å²) < 4.78 is 12.9. The number of likely N-dealkylation sites (N-methyl/N-ethyl adjacent to an activating group) is 1. The van der Waals surface area contributed by atoms with Crippen molar-refractivity contribution in [3.8, 4) is 0 Å². The van der Waals surface area contributed by atoms with Crippen molar-refractivity contribution in [3.63, 3.8) is 0 Å². The lowest BCUT2D eigenvalue weighted by Crippen LogP contribution is -2.39. The molecule has 100 valence electrons. The largest absolute Gasteiger partial charge is 0.342 e. The number of carbonyl (C=O) groups is 1. The molecule has 1 rings (SSSR count).